The molecule has 1 aliphatic carbocycles. The predicted octanol–water partition coefficient (Wildman–Crippen LogP) is 3.56. The summed E-state index contributed by atoms with van der Waals surface area (Å²) in [5.74, 6) is 0.0745. The van der Waals surface area contributed by atoms with Gasteiger partial charge in [-0.05, 0) is 49.4 Å². The Bertz CT molecular complexity index is 688. The van der Waals surface area contributed by atoms with E-state index in [-0.39, 0.29) is 11.3 Å². The van der Waals surface area contributed by atoms with E-state index in [9.17, 15) is 4.79 Å². The lowest BCUT2D eigenvalue weighted by Crippen LogP contribution is -2.28. The van der Waals surface area contributed by atoms with Gasteiger partial charge < -0.3 is 11.1 Å². The van der Waals surface area contributed by atoms with Crippen molar-refractivity contribution in [3.63, 3.8) is 0 Å². The molecule has 0 heterocycles. The van der Waals surface area contributed by atoms with Crippen LogP contribution < -0.4 is 11.1 Å². The standard InChI is InChI=1S/C18H20N2O/c1-12-8-9-15(19)13(2)16(12)20-17(21)18(10-11-18)14-6-4-3-5-7-14/h3-9H,10-11,19H2,1-2H3,(H,20,21). The van der Waals surface area contributed by atoms with Crippen LogP contribution in [0.2, 0.25) is 0 Å². The molecule has 0 unspecified atom stereocenters. The maximum Gasteiger partial charge on any atom is 0.235 e. The van der Waals surface area contributed by atoms with E-state index in [1.807, 2.05) is 56.3 Å². The number of carbonyl (C=O) groups is 1. The van der Waals surface area contributed by atoms with Crippen molar-refractivity contribution in [1.29, 1.82) is 0 Å². The molecule has 1 fully saturated rings. The van der Waals surface area contributed by atoms with Crippen molar-refractivity contribution in [2.24, 2.45) is 0 Å². The van der Waals surface area contributed by atoms with Crippen molar-refractivity contribution < 1.29 is 4.79 Å². The second kappa shape index (κ2) is 4.92. The summed E-state index contributed by atoms with van der Waals surface area (Å²) in [4.78, 5) is 12.8. The van der Waals surface area contributed by atoms with Gasteiger partial charge in [0.05, 0.1) is 5.41 Å². The maximum atomic E-state index is 12.8. The van der Waals surface area contributed by atoms with Gasteiger partial charge in [0.1, 0.15) is 0 Å². The molecular formula is C18H20N2O. The number of amides is 1. The second-order valence-corrected chi connectivity index (χ2v) is 5.87. The molecule has 3 nitrogen and oxygen atoms in total. The van der Waals surface area contributed by atoms with Gasteiger partial charge in [-0.15, -0.1) is 0 Å². The highest BCUT2D eigenvalue weighted by atomic mass is 16.2. The SMILES string of the molecule is Cc1ccc(N)c(C)c1NC(=O)C1(c2ccccc2)CC1. The Hall–Kier alpha value is -2.29. The highest BCUT2D eigenvalue weighted by Crippen LogP contribution is 2.49. The number of hydrogen-bond donors (Lipinski definition) is 2. The number of nitrogen functional groups attached to an aromatic ring is 1. The van der Waals surface area contributed by atoms with Gasteiger partial charge in [0, 0.05) is 11.4 Å². The number of rotatable bonds is 3. The van der Waals surface area contributed by atoms with Gasteiger partial charge in [-0.1, -0.05) is 36.4 Å². The largest absolute Gasteiger partial charge is 0.398 e. The fraction of sp³-hybridized carbons (Fsp3) is 0.278. The first kappa shape index (κ1) is 13.7. The smallest absolute Gasteiger partial charge is 0.235 e. The number of benzene rings is 2. The lowest BCUT2D eigenvalue weighted by molar-refractivity contribution is -0.118. The molecule has 3 rings (SSSR count). The molecule has 0 bridgehead atoms. The van der Waals surface area contributed by atoms with Crippen LogP contribution in [0.25, 0.3) is 0 Å². The lowest BCUT2D eigenvalue weighted by Gasteiger charge is -2.19. The summed E-state index contributed by atoms with van der Waals surface area (Å²) in [6.45, 7) is 3.93. The first-order valence-electron chi connectivity index (χ1n) is 7.27. The van der Waals surface area contributed by atoms with Gasteiger partial charge in [-0.3, -0.25) is 4.79 Å². The summed E-state index contributed by atoms with van der Waals surface area (Å²) < 4.78 is 0. The van der Waals surface area contributed by atoms with Crippen molar-refractivity contribution >= 4 is 17.3 Å². The van der Waals surface area contributed by atoms with Crippen molar-refractivity contribution in [1.82, 2.24) is 0 Å². The van der Waals surface area contributed by atoms with Crippen LogP contribution in [0.3, 0.4) is 0 Å². The molecule has 3 N–H and O–H groups in total. The third kappa shape index (κ3) is 2.29. The molecule has 1 saturated carbocycles. The van der Waals surface area contributed by atoms with Crippen LogP contribution in [0.15, 0.2) is 42.5 Å². The van der Waals surface area contributed by atoms with Crippen LogP contribution >= 0.6 is 0 Å². The normalized spacial score (nSPS) is 15.5. The summed E-state index contributed by atoms with van der Waals surface area (Å²) in [5, 5.41) is 3.10. The highest BCUT2D eigenvalue weighted by molar-refractivity contribution is 6.02. The molecule has 0 aromatic heterocycles. The maximum absolute atomic E-state index is 12.8. The minimum absolute atomic E-state index is 0.0745. The molecule has 3 heteroatoms. The van der Waals surface area contributed by atoms with Gasteiger partial charge >= 0.3 is 0 Å². The van der Waals surface area contributed by atoms with E-state index in [2.05, 4.69) is 5.32 Å². The van der Waals surface area contributed by atoms with Gasteiger partial charge in [-0.2, -0.15) is 0 Å². The second-order valence-electron chi connectivity index (χ2n) is 5.87. The number of nitrogens with two attached hydrogens (primary N) is 1. The number of nitrogens with one attached hydrogen (secondary N) is 1. The summed E-state index contributed by atoms with van der Waals surface area (Å²) >= 11 is 0. The Morgan fingerprint density at radius 3 is 2.38 bits per heavy atom. The van der Waals surface area contributed by atoms with Crippen molar-refractivity contribution in [3.05, 3.63) is 59.2 Å². The average Bonchev–Trinajstić information content (AvgIpc) is 3.30. The molecule has 0 atom stereocenters. The van der Waals surface area contributed by atoms with Gasteiger partial charge in [0.2, 0.25) is 5.91 Å². The molecule has 0 saturated heterocycles. The van der Waals surface area contributed by atoms with Crippen molar-refractivity contribution in [3.8, 4) is 0 Å². The van der Waals surface area contributed by atoms with Crippen molar-refractivity contribution in [2.75, 3.05) is 11.1 Å². The molecule has 2 aromatic rings. The van der Waals surface area contributed by atoms with Crippen LogP contribution in [0.5, 0.6) is 0 Å². The molecule has 1 amide bonds. The third-order valence-corrected chi connectivity index (χ3v) is 4.46. The zero-order valence-corrected chi connectivity index (χ0v) is 12.4. The van der Waals surface area contributed by atoms with Crippen LogP contribution in [-0.2, 0) is 10.2 Å². The molecule has 21 heavy (non-hydrogen) atoms. The van der Waals surface area contributed by atoms with E-state index in [0.717, 1.165) is 35.2 Å². The monoisotopic (exact) mass is 280 g/mol. The molecule has 2 aromatic carbocycles. The molecule has 0 aliphatic heterocycles. The minimum Gasteiger partial charge on any atom is -0.398 e. The fourth-order valence-electron chi connectivity index (χ4n) is 2.82. The minimum atomic E-state index is -0.356. The first-order chi connectivity index (χ1) is 10.0. The Balaban J connectivity index is 1.90. The van der Waals surface area contributed by atoms with E-state index in [4.69, 9.17) is 5.73 Å². The molecule has 0 radical (unpaired) electrons. The van der Waals surface area contributed by atoms with Gasteiger partial charge in [0.25, 0.3) is 0 Å². The quantitative estimate of drug-likeness (QED) is 0.845. The topological polar surface area (TPSA) is 55.1 Å². The van der Waals surface area contributed by atoms with Gasteiger partial charge in [-0.25, -0.2) is 0 Å². The third-order valence-electron chi connectivity index (χ3n) is 4.46. The Kier molecular flexibility index (Phi) is 3.20. The Morgan fingerprint density at radius 1 is 1.10 bits per heavy atom. The van der Waals surface area contributed by atoms with E-state index >= 15 is 0 Å². The molecular weight excluding hydrogens is 260 g/mol. The summed E-state index contributed by atoms with van der Waals surface area (Å²) in [6.07, 6.45) is 1.81. The van der Waals surface area contributed by atoms with Gasteiger partial charge in [0.15, 0.2) is 0 Å². The number of hydrogen-bond acceptors (Lipinski definition) is 2. The van der Waals surface area contributed by atoms with Crippen LogP contribution in [0.4, 0.5) is 11.4 Å². The van der Waals surface area contributed by atoms with Crippen LogP contribution in [0.1, 0.15) is 29.5 Å². The average molecular weight is 280 g/mol. The van der Waals surface area contributed by atoms with E-state index in [1.54, 1.807) is 0 Å². The summed E-state index contributed by atoms with van der Waals surface area (Å²) in [5.41, 5.74) is 10.2. The molecule has 108 valence electrons. The zero-order valence-electron chi connectivity index (χ0n) is 12.4. The zero-order chi connectivity index (χ0) is 15.0. The number of anilines is 2. The molecule has 0 spiro atoms. The van der Waals surface area contributed by atoms with E-state index in [1.165, 1.54) is 0 Å². The summed E-state index contributed by atoms with van der Waals surface area (Å²) in [7, 11) is 0. The van der Waals surface area contributed by atoms with Crippen molar-refractivity contribution in [2.45, 2.75) is 32.1 Å². The van der Waals surface area contributed by atoms with Crippen LogP contribution in [0, 0.1) is 13.8 Å². The Labute approximate surface area is 125 Å². The highest BCUT2D eigenvalue weighted by Gasteiger charge is 2.51. The lowest BCUT2D eigenvalue weighted by atomic mass is 9.94. The van der Waals surface area contributed by atoms with E-state index in [0.29, 0.717) is 5.69 Å². The first-order valence-corrected chi connectivity index (χ1v) is 7.27. The fourth-order valence-corrected chi connectivity index (χ4v) is 2.82. The summed E-state index contributed by atoms with van der Waals surface area (Å²) in [6, 6.07) is 13.8. The van der Waals surface area contributed by atoms with E-state index < -0.39 is 0 Å². The predicted molar refractivity (Wildman–Crippen MR) is 86.3 cm³/mol. The Morgan fingerprint density at radius 2 is 1.76 bits per heavy atom. The van der Waals surface area contributed by atoms with Crippen LogP contribution in [-0.4, -0.2) is 5.91 Å². The number of aryl methyl sites for hydroxylation is 1. The molecule has 1 aliphatic rings. The number of carbonyl (C=O) groups excluding carboxylic acids is 1.